The maximum absolute atomic E-state index is 13.7. The van der Waals surface area contributed by atoms with Gasteiger partial charge < -0.3 is 15.0 Å². The Morgan fingerprint density at radius 2 is 1.93 bits per heavy atom. The number of fused-ring (bicyclic) bond motifs is 1. The van der Waals surface area contributed by atoms with E-state index in [2.05, 4.69) is 10.3 Å². The summed E-state index contributed by atoms with van der Waals surface area (Å²) in [6.45, 7) is 0. The van der Waals surface area contributed by atoms with Crippen molar-refractivity contribution in [2.45, 2.75) is 25.3 Å². The van der Waals surface area contributed by atoms with Crippen LogP contribution in [0.15, 0.2) is 48.7 Å². The first-order valence-corrected chi connectivity index (χ1v) is 8.84. The Morgan fingerprint density at radius 3 is 2.71 bits per heavy atom. The van der Waals surface area contributed by atoms with E-state index in [-0.39, 0.29) is 24.8 Å². The molecule has 1 aromatic heterocycles. The molecule has 0 unspecified atom stereocenters. The molecule has 146 valence electrons. The van der Waals surface area contributed by atoms with Crippen molar-refractivity contribution in [3.05, 3.63) is 71.4 Å². The van der Waals surface area contributed by atoms with E-state index in [1.54, 1.807) is 6.20 Å². The Bertz CT molecular complexity index is 1000. The highest BCUT2D eigenvalue weighted by Gasteiger charge is 2.23. The van der Waals surface area contributed by atoms with Crippen molar-refractivity contribution < 1.29 is 23.1 Å². The molecule has 0 spiro atoms. The number of H-pyrrole nitrogens is 1. The van der Waals surface area contributed by atoms with E-state index in [0.717, 1.165) is 34.7 Å². The normalized spacial score (nSPS) is 12.0. The molecule has 7 heteroatoms. The molecular formula is C21H20F2N2O3. The molecule has 28 heavy (non-hydrogen) atoms. The predicted molar refractivity (Wildman–Crippen MR) is 101 cm³/mol. The van der Waals surface area contributed by atoms with Crippen LogP contribution in [0.3, 0.4) is 0 Å². The van der Waals surface area contributed by atoms with Crippen LogP contribution in [0.4, 0.5) is 8.78 Å². The van der Waals surface area contributed by atoms with Crippen LogP contribution >= 0.6 is 0 Å². The molecule has 0 aliphatic heterocycles. The van der Waals surface area contributed by atoms with Gasteiger partial charge in [-0.25, -0.2) is 13.6 Å². The van der Waals surface area contributed by atoms with E-state index in [9.17, 15) is 18.4 Å². The van der Waals surface area contributed by atoms with Gasteiger partial charge in [0.05, 0.1) is 7.11 Å². The fourth-order valence-corrected chi connectivity index (χ4v) is 3.11. The van der Waals surface area contributed by atoms with Crippen LogP contribution in [-0.2, 0) is 27.2 Å². The summed E-state index contributed by atoms with van der Waals surface area (Å²) in [6.07, 6.45) is 1.98. The largest absolute Gasteiger partial charge is 0.467 e. The van der Waals surface area contributed by atoms with Gasteiger partial charge in [-0.3, -0.25) is 4.79 Å². The van der Waals surface area contributed by atoms with E-state index in [1.807, 2.05) is 24.3 Å². The van der Waals surface area contributed by atoms with Crippen molar-refractivity contribution in [1.29, 1.82) is 0 Å². The van der Waals surface area contributed by atoms with Gasteiger partial charge in [-0.1, -0.05) is 18.2 Å². The second kappa shape index (κ2) is 8.65. The number of benzene rings is 2. The van der Waals surface area contributed by atoms with Crippen LogP contribution in [0.25, 0.3) is 10.9 Å². The van der Waals surface area contributed by atoms with E-state index in [1.165, 1.54) is 7.11 Å². The number of carbonyl (C=O) groups is 2. The first-order chi connectivity index (χ1) is 13.5. The zero-order chi connectivity index (χ0) is 20.1. The summed E-state index contributed by atoms with van der Waals surface area (Å²) in [5.41, 5.74) is 1.90. The summed E-state index contributed by atoms with van der Waals surface area (Å²) < 4.78 is 31.7. The summed E-state index contributed by atoms with van der Waals surface area (Å²) in [5.74, 6) is -2.16. The zero-order valence-corrected chi connectivity index (χ0v) is 15.3. The molecule has 2 aromatic carbocycles. The summed E-state index contributed by atoms with van der Waals surface area (Å²) in [5, 5.41) is 3.58. The van der Waals surface area contributed by atoms with Crippen LogP contribution in [0.5, 0.6) is 0 Å². The molecule has 0 radical (unpaired) electrons. The third kappa shape index (κ3) is 4.54. The summed E-state index contributed by atoms with van der Waals surface area (Å²) in [7, 11) is 1.25. The lowest BCUT2D eigenvalue weighted by molar-refractivity contribution is -0.145. The number of hydrogen-bond acceptors (Lipinski definition) is 3. The lowest BCUT2D eigenvalue weighted by Crippen LogP contribution is -2.43. The second-order valence-electron chi connectivity index (χ2n) is 6.44. The molecule has 3 aromatic rings. The quantitative estimate of drug-likeness (QED) is 0.612. The van der Waals surface area contributed by atoms with E-state index >= 15 is 0 Å². The Morgan fingerprint density at radius 1 is 1.14 bits per heavy atom. The van der Waals surface area contributed by atoms with Crippen molar-refractivity contribution in [2.24, 2.45) is 0 Å². The molecule has 0 aliphatic rings. The lowest BCUT2D eigenvalue weighted by Gasteiger charge is -2.16. The maximum atomic E-state index is 13.7. The van der Waals surface area contributed by atoms with Gasteiger partial charge in [-0.15, -0.1) is 0 Å². The van der Waals surface area contributed by atoms with Gasteiger partial charge in [0.2, 0.25) is 5.91 Å². The molecule has 0 bridgehead atoms. The van der Waals surface area contributed by atoms with Crippen LogP contribution in [0.1, 0.15) is 17.5 Å². The van der Waals surface area contributed by atoms with Gasteiger partial charge >= 0.3 is 5.97 Å². The van der Waals surface area contributed by atoms with Gasteiger partial charge in [-0.2, -0.15) is 0 Å². The second-order valence-corrected chi connectivity index (χ2v) is 6.44. The number of ether oxygens (including phenoxy) is 1. The number of methoxy groups -OCH3 is 1. The minimum absolute atomic E-state index is 0.0242. The smallest absolute Gasteiger partial charge is 0.328 e. The number of rotatable bonds is 7. The van der Waals surface area contributed by atoms with Crippen LogP contribution < -0.4 is 5.32 Å². The topological polar surface area (TPSA) is 71.2 Å². The average Bonchev–Trinajstić information content (AvgIpc) is 3.10. The zero-order valence-electron chi connectivity index (χ0n) is 15.3. The highest BCUT2D eigenvalue weighted by atomic mass is 19.1. The number of aryl methyl sites for hydroxylation is 1. The van der Waals surface area contributed by atoms with Crippen molar-refractivity contribution in [2.75, 3.05) is 7.11 Å². The molecule has 3 rings (SSSR count). The number of hydrogen-bond donors (Lipinski definition) is 2. The predicted octanol–water partition coefficient (Wildman–Crippen LogP) is 3.28. The van der Waals surface area contributed by atoms with Crippen molar-refractivity contribution in [1.82, 2.24) is 10.3 Å². The van der Waals surface area contributed by atoms with Gasteiger partial charge in [-0.05, 0) is 41.8 Å². The molecular weight excluding hydrogens is 366 g/mol. The van der Waals surface area contributed by atoms with Gasteiger partial charge in [0, 0.05) is 29.9 Å². The monoisotopic (exact) mass is 386 g/mol. The third-order valence-corrected chi connectivity index (χ3v) is 4.55. The van der Waals surface area contributed by atoms with Gasteiger partial charge in [0.1, 0.15) is 17.7 Å². The molecule has 0 saturated carbocycles. The molecule has 1 heterocycles. The van der Waals surface area contributed by atoms with Crippen molar-refractivity contribution >= 4 is 22.8 Å². The van der Waals surface area contributed by atoms with Crippen molar-refractivity contribution in [3.63, 3.8) is 0 Å². The van der Waals surface area contributed by atoms with Gasteiger partial charge in [0.25, 0.3) is 0 Å². The molecule has 1 amide bonds. The SMILES string of the molecule is COC(=O)[C@@H](Cc1c[nH]c2ccccc12)NC(=O)CCc1cc(F)ccc1F. The number of nitrogens with one attached hydrogen (secondary N) is 2. The molecule has 0 fully saturated rings. The number of amides is 1. The van der Waals surface area contributed by atoms with Crippen LogP contribution in [-0.4, -0.2) is 30.0 Å². The number of carbonyl (C=O) groups excluding carboxylic acids is 2. The standard InChI is InChI=1S/C21H20F2N2O3/c1-28-21(27)19(11-14-12-24-18-5-3-2-4-16(14)18)25-20(26)9-6-13-10-15(22)7-8-17(13)23/h2-5,7-8,10,12,19,24H,6,9,11H2,1H3,(H,25,26)/t19-/m1/s1. The van der Waals surface area contributed by atoms with E-state index in [0.29, 0.717) is 0 Å². The van der Waals surface area contributed by atoms with Crippen LogP contribution in [0, 0.1) is 11.6 Å². The number of aromatic amines is 1. The molecule has 5 nitrogen and oxygen atoms in total. The number of halogens is 2. The van der Waals surface area contributed by atoms with Crippen molar-refractivity contribution in [3.8, 4) is 0 Å². The van der Waals surface area contributed by atoms with Crippen LogP contribution in [0.2, 0.25) is 0 Å². The lowest BCUT2D eigenvalue weighted by atomic mass is 10.0. The highest BCUT2D eigenvalue weighted by Crippen LogP contribution is 2.19. The molecule has 0 aliphatic carbocycles. The average molecular weight is 386 g/mol. The van der Waals surface area contributed by atoms with E-state index in [4.69, 9.17) is 4.74 Å². The minimum Gasteiger partial charge on any atom is -0.467 e. The highest BCUT2D eigenvalue weighted by molar-refractivity contribution is 5.87. The Hall–Kier alpha value is -3.22. The number of esters is 1. The molecule has 0 saturated heterocycles. The Labute approximate surface area is 160 Å². The fourth-order valence-electron chi connectivity index (χ4n) is 3.11. The number of aromatic nitrogens is 1. The third-order valence-electron chi connectivity index (χ3n) is 4.55. The Kier molecular flexibility index (Phi) is 6.03. The first kappa shape index (κ1) is 19.5. The van der Waals surface area contributed by atoms with E-state index < -0.39 is 29.6 Å². The summed E-state index contributed by atoms with van der Waals surface area (Å²) in [4.78, 5) is 27.5. The summed E-state index contributed by atoms with van der Waals surface area (Å²) >= 11 is 0. The first-order valence-electron chi connectivity index (χ1n) is 8.84. The number of para-hydroxylation sites is 1. The molecule has 1 atom stereocenters. The maximum Gasteiger partial charge on any atom is 0.328 e. The fraction of sp³-hybridized carbons (Fsp3) is 0.238. The Balaban J connectivity index is 1.67. The summed E-state index contributed by atoms with van der Waals surface area (Å²) in [6, 6.07) is 9.85. The van der Waals surface area contributed by atoms with Gasteiger partial charge in [0.15, 0.2) is 0 Å². The molecule has 2 N–H and O–H groups in total. The minimum atomic E-state index is -0.880.